The molecule has 7 heteroatoms. The topological polar surface area (TPSA) is 77.0 Å². The van der Waals surface area contributed by atoms with Crippen molar-refractivity contribution < 1.29 is 23.5 Å². The average molecular weight is 410 g/mol. The number of benzene rings is 2. The molecule has 0 fully saturated rings. The third-order valence-electron chi connectivity index (χ3n) is 3.07. The molecule has 2 aromatic rings. The summed E-state index contributed by atoms with van der Waals surface area (Å²) in [6, 6.07) is 18.3. The van der Waals surface area contributed by atoms with Crippen molar-refractivity contribution in [3.05, 3.63) is 66.2 Å². The maximum absolute atomic E-state index is 10.5. The van der Waals surface area contributed by atoms with E-state index < -0.39 is 8.09 Å². The molecule has 1 atom stereocenters. The Kier molecular flexibility index (Phi) is 15.1. The molecule has 1 unspecified atom stereocenters. The Bertz CT molecular complexity index is 613. The lowest BCUT2D eigenvalue weighted by molar-refractivity contribution is -0.107. The largest absolute Gasteiger partial charge is 0.544 e. The van der Waals surface area contributed by atoms with Crippen molar-refractivity contribution in [3.63, 3.8) is 0 Å². The molecular formula is C21H33NO5P+. The van der Waals surface area contributed by atoms with Crippen LogP contribution >= 0.6 is 8.09 Å². The Balaban J connectivity index is 0.000000906. The van der Waals surface area contributed by atoms with Gasteiger partial charge >= 0.3 is 8.09 Å². The normalized spacial score (nSPS) is 12.0. The Hall–Kier alpha value is -1.82. The summed E-state index contributed by atoms with van der Waals surface area (Å²) in [7, 11) is -1.66. The summed E-state index contributed by atoms with van der Waals surface area (Å²) >= 11 is 0. The monoisotopic (exact) mass is 410 g/mol. The van der Waals surface area contributed by atoms with Gasteiger partial charge in [0.05, 0.1) is 12.6 Å². The first-order valence-electron chi connectivity index (χ1n) is 9.25. The van der Waals surface area contributed by atoms with Gasteiger partial charge < -0.3 is 9.53 Å². The van der Waals surface area contributed by atoms with E-state index >= 15 is 0 Å². The van der Waals surface area contributed by atoms with Gasteiger partial charge in [0.1, 0.15) is 12.9 Å². The molecule has 6 nitrogen and oxygen atoms in total. The highest BCUT2D eigenvalue weighted by Crippen LogP contribution is 2.52. The van der Waals surface area contributed by atoms with Crippen molar-refractivity contribution in [2.45, 2.75) is 40.4 Å². The van der Waals surface area contributed by atoms with Crippen LogP contribution in [0.4, 0.5) is 0 Å². The summed E-state index contributed by atoms with van der Waals surface area (Å²) in [5.41, 5.74) is 0.903. The van der Waals surface area contributed by atoms with Crippen LogP contribution < -0.4 is 9.61 Å². The van der Waals surface area contributed by atoms with Crippen molar-refractivity contribution in [3.8, 4) is 5.75 Å². The number of carbonyl (C=O) groups excluding carboxylic acids is 1. The molecule has 0 aliphatic rings. The van der Waals surface area contributed by atoms with Crippen LogP contribution in [0.5, 0.6) is 5.75 Å². The number of rotatable bonds is 9. The molecule has 2 rings (SSSR count). The quantitative estimate of drug-likeness (QED) is 0.456. The summed E-state index contributed by atoms with van der Waals surface area (Å²) in [6.45, 7) is 8.13. The fourth-order valence-corrected chi connectivity index (χ4v) is 2.86. The maximum Gasteiger partial charge on any atom is 0.544 e. The highest BCUT2D eigenvalue weighted by Gasteiger charge is 2.43. The molecule has 0 saturated carbocycles. The first kappa shape index (κ1) is 26.2. The van der Waals surface area contributed by atoms with E-state index in [1.807, 2.05) is 64.1 Å². The lowest BCUT2D eigenvalue weighted by Gasteiger charge is -2.16. The van der Waals surface area contributed by atoms with Crippen molar-refractivity contribution >= 4 is 14.4 Å². The van der Waals surface area contributed by atoms with E-state index in [0.29, 0.717) is 18.1 Å². The second-order valence-electron chi connectivity index (χ2n) is 5.50. The molecule has 0 saturated heterocycles. The second-order valence-corrected chi connectivity index (χ2v) is 7.29. The summed E-state index contributed by atoms with van der Waals surface area (Å²) in [6.07, 6.45) is 1.03. The van der Waals surface area contributed by atoms with Gasteiger partial charge in [0.2, 0.25) is 0 Å². The third-order valence-corrected chi connectivity index (χ3v) is 4.59. The molecular weight excluding hydrogens is 377 g/mol. The number of nitrogens with one attached hydrogen (secondary N) is 1. The lowest BCUT2D eigenvalue weighted by atomic mass is 10.2. The molecule has 156 valence electrons. The zero-order valence-corrected chi connectivity index (χ0v) is 18.3. The minimum absolute atomic E-state index is 0.0497. The SMILES string of the molecule is CC.COC(C)C.O=CCN[P+](O)(OCc1ccccc1)Oc1ccccc1. The lowest BCUT2D eigenvalue weighted by Crippen LogP contribution is -2.24. The highest BCUT2D eigenvalue weighted by atomic mass is 31.2. The zero-order valence-electron chi connectivity index (χ0n) is 17.4. The predicted octanol–water partition coefficient (Wildman–Crippen LogP) is 4.81. The number of hydrogen-bond acceptors (Lipinski definition) is 6. The Morgan fingerprint density at radius 2 is 1.54 bits per heavy atom. The number of hydrogen-bond donors (Lipinski definition) is 2. The molecule has 0 spiro atoms. The van der Waals surface area contributed by atoms with Crippen LogP contribution in [-0.2, 0) is 20.7 Å². The van der Waals surface area contributed by atoms with Gasteiger partial charge in [0.15, 0.2) is 5.75 Å². The Morgan fingerprint density at radius 1 is 1.04 bits per heavy atom. The maximum atomic E-state index is 10.5. The van der Waals surface area contributed by atoms with E-state index in [4.69, 9.17) is 13.8 Å². The standard InChI is InChI=1S/C15H17NO4P.C4H10O.C2H6/c17-12-11-16-21(18,20-15-9-5-2-6-10-15)19-13-14-7-3-1-4-8-14;1-4(2)5-3;1-2/h1-10,12,16,18H,11,13H2;4H,1-3H3;1-2H3/q+1;;. The molecule has 0 heterocycles. The number of ether oxygens (including phenoxy) is 1. The minimum Gasteiger partial charge on any atom is -0.382 e. The van der Waals surface area contributed by atoms with Crippen LogP contribution in [0.25, 0.3) is 0 Å². The second kappa shape index (κ2) is 16.2. The number of carbonyl (C=O) groups is 1. The van der Waals surface area contributed by atoms with Gasteiger partial charge in [-0.05, 0) is 31.5 Å². The molecule has 0 amide bonds. The van der Waals surface area contributed by atoms with E-state index in [2.05, 4.69) is 5.09 Å². The first-order valence-corrected chi connectivity index (χ1v) is 10.8. The van der Waals surface area contributed by atoms with Gasteiger partial charge in [-0.15, -0.1) is 5.09 Å². The predicted molar refractivity (Wildman–Crippen MR) is 115 cm³/mol. The number of methoxy groups -OCH3 is 1. The van der Waals surface area contributed by atoms with E-state index in [1.54, 1.807) is 31.4 Å². The van der Waals surface area contributed by atoms with Crippen molar-refractivity contribution in [2.75, 3.05) is 13.7 Å². The smallest absolute Gasteiger partial charge is 0.382 e. The van der Waals surface area contributed by atoms with Gasteiger partial charge in [-0.2, -0.15) is 9.42 Å². The zero-order chi connectivity index (χ0) is 21.3. The highest BCUT2D eigenvalue weighted by molar-refractivity contribution is 7.58. The summed E-state index contributed by atoms with van der Waals surface area (Å²) in [5, 5.41) is 2.62. The van der Waals surface area contributed by atoms with Crippen LogP contribution in [0.3, 0.4) is 0 Å². The van der Waals surface area contributed by atoms with Gasteiger partial charge in [0, 0.05) is 7.11 Å². The first-order chi connectivity index (χ1) is 13.5. The Labute approximate surface area is 169 Å². The fourth-order valence-electron chi connectivity index (χ4n) is 1.62. The molecule has 0 aromatic heterocycles. The van der Waals surface area contributed by atoms with Crippen LogP contribution in [0, 0.1) is 0 Å². The molecule has 2 aromatic carbocycles. The Morgan fingerprint density at radius 3 is 2.00 bits per heavy atom. The van der Waals surface area contributed by atoms with Crippen molar-refractivity contribution in [1.29, 1.82) is 0 Å². The molecule has 0 aliphatic carbocycles. The molecule has 28 heavy (non-hydrogen) atoms. The number of para-hydroxylation sites is 1. The summed E-state index contributed by atoms with van der Waals surface area (Å²) in [5.74, 6) is 0.472. The van der Waals surface area contributed by atoms with Gasteiger partial charge in [-0.1, -0.05) is 62.4 Å². The van der Waals surface area contributed by atoms with Crippen molar-refractivity contribution in [2.24, 2.45) is 0 Å². The van der Waals surface area contributed by atoms with Crippen LogP contribution in [0.1, 0.15) is 33.3 Å². The van der Waals surface area contributed by atoms with Gasteiger partial charge in [-0.3, -0.25) is 4.52 Å². The van der Waals surface area contributed by atoms with Crippen LogP contribution in [-0.4, -0.2) is 30.9 Å². The molecule has 2 N–H and O–H groups in total. The summed E-state index contributed by atoms with van der Waals surface area (Å²) < 4.78 is 15.7. The van der Waals surface area contributed by atoms with Crippen LogP contribution in [0.15, 0.2) is 60.7 Å². The van der Waals surface area contributed by atoms with Crippen molar-refractivity contribution in [1.82, 2.24) is 5.09 Å². The molecule has 0 aliphatic heterocycles. The molecule has 0 bridgehead atoms. The van der Waals surface area contributed by atoms with Gasteiger partial charge in [0.25, 0.3) is 0 Å². The number of aldehydes is 1. The average Bonchev–Trinajstić information content (AvgIpc) is 2.74. The van der Waals surface area contributed by atoms with E-state index in [1.165, 1.54) is 0 Å². The summed E-state index contributed by atoms with van der Waals surface area (Å²) in [4.78, 5) is 21.0. The van der Waals surface area contributed by atoms with E-state index in [9.17, 15) is 9.69 Å². The van der Waals surface area contributed by atoms with E-state index in [-0.39, 0.29) is 13.2 Å². The van der Waals surface area contributed by atoms with Gasteiger partial charge in [-0.25, -0.2) is 0 Å². The minimum atomic E-state index is -3.35. The third kappa shape index (κ3) is 12.5. The fraction of sp³-hybridized carbons (Fsp3) is 0.381. The van der Waals surface area contributed by atoms with E-state index in [0.717, 1.165) is 5.56 Å². The van der Waals surface area contributed by atoms with Crippen LogP contribution in [0.2, 0.25) is 0 Å². The molecule has 0 radical (unpaired) electrons.